The van der Waals surface area contributed by atoms with Crippen molar-refractivity contribution in [2.45, 2.75) is 26.1 Å². The van der Waals surface area contributed by atoms with E-state index >= 15 is 0 Å². The fraction of sp³-hybridized carbons (Fsp3) is 0.455. The summed E-state index contributed by atoms with van der Waals surface area (Å²) in [6.07, 6.45) is 1.66. The van der Waals surface area contributed by atoms with Gasteiger partial charge in [-0.3, -0.25) is 10.3 Å². The monoisotopic (exact) mass is 219 g/mol. The molecule has 0 bridgehead atoms. The summed E-state index contributed by atoms with van der Waals surface area (Å²) in [6.45, 7) is 4.21. The predicted octanol–water partition coefficient (Wildman–Crippen LogP) is 0.570. The molecule has 2 heterocycles. The molecule has 0 aliphatic carbocycles. The molecule has 4 N–H and O–H groups in total. The van der Waals surface area contributed by atoms with E-state index in [2.05, 4.69) is 34.6 Å². The largest absolute Gasteiger partial charge is 0.312 e. The summed E-state index contributed by atoms with van der Waals surface area (Å²) in [5, 5.41) is 3.40. The molecular formula is C11H17N5. The van der Waals surface area contributed by atoms with Crippen molar-refractivity contribution in [2.24, 2.45) is 16.8 Å². The van der Waals surface area contributed by atoms with Crippen LogP contribution in [-0.4, -0.2) is 16.9 Å². The van der Waals surface area contributed by atoms with Crippen LogP contribution >= 0.6 is 0 Å². The van der Waals surface area contributed by atoms with Crippen LogP contribution in [0.15, 0.2) is 29.4 Å². The Balaban J connectivity index is 2.27. The summed E-state index contributed by atoms with van der Waals surface area (Å²) in [4.78, 5) is 8.80. The smallest absolute Gasteiger partial charge is 0.144 e. The molecule has 3 unspecified atom stereocenters. The summed E-state index contributed by atoms with van der Waals surface area (Å²) >= 11 is 0. The average Bonchev–Trinajstić information content (AvgIpc) is 2.33. The molecule has 0 saturated carbocycles. The maximum Gasteiger partial charge on any atom is 0.144 e. The topological polar surface area (TPSA) is 75.3 Å². The maximum absolute atomic E-state index is 5.47. The number of aliphatic imine (C=N–C) groups is 1. The first kappa shape index (κ1) is 11.0. The number of amidine groups is 1. The number of rotatable bonds is 1. The van der Waals surface area contributed by atoms with Gasteiger partial charge in [0, 0.05) is 18.2 Å². The molecule has 5 nitrogen and oxygen atoms in total. The van der Waals surface area contributed by atoms with Gasteiger partial charge in [0.15, 0.2) is 0 Å². The molecule has 1 aromatic heterocycles. The first-order valence-corrected chi connectivity index (χ1v) is 5.43. The summed E-state index contributed by atoms with van der Waals surface area (Å²) in [6, 6.07) is 6.12. The van der Waals surface area contributed by atoms with Gasteiger partial charge in [-0.15, -0.1) is 0 Å². The highest BCUT2D eigenvalue weighted by Gasteiger charge is 2.27. The molecule has 0 radical (unpaired) electrons. The molecule has 0 fully saturated rings. The van der Waals surface area contributed by atoms with Gasteiger partial charge in [-0.1, -0.05) is 13.0 Å². The highest BCUT2D eigenvalue weighted by atomic mass is 15.3. The lowest BCUT2D eigenvalue weighted by molar-refractivity contribution is 0.380. The molecule has 0 saturated heterocycles. The highest BCUT2D eigenvalue weighted by Crippen LogP contribution is 2.20. The second-order valence-corrected chi connectivity index (χ2v) is 4.06. The minimum Gasteiger partial charge on any atom is -0.312 e. The summed E-state index contributed by atoms with van der Waals surface area (Å²) < 4.78 is 0. The van der Waals surface area contributed by atoms with Crippen LogP contribution in [0.4, 0.5) is 0 Å². The fourth-order valence-corrected chi connectivity index (χ4v) is 1.78. The fourth-order valence-electron chi connectivity index (χ4n) is 1.78. The van der Waals surface area contributed by atoms with Gasteiger partial charge < -0.3 is 5.43 Å². The lowest BCUT2D eigenvalue weighted by atomic mass is 9.99. The van der Waals surface area contributed by atoms with Gasteiger partial charge in [-0.25, -0.2) is 10.8 Å². The van der Waals surface area contributed by atoms with E-state index in [0.29, 0.717) is 6.04 Å². The van der Waals surface area contributed by atoms with Crippen LogP contribution in [-0.2, 0) is 0 Å². The van der Waals surface area contributed by atoms with E-state index < -0.39 is 0 Å². The Morgan fingerprint density at radius 2 is 2.19 bits per heavy atom. The molecule has 1 aromatic rings. The summed E-state index contributed by atoms with van der Waals surface area (Å²) in [5.74, 6) is 6.57. The Hall–Kier alpha value is -1.46. The second kappa shape index (κ2) is 4.59. The quantitative estimate of drug-likeness (QED) is 0.477. The van der Waals surface area contributed by atoms with Gasteiger partial charge in [-0.2, -0.15) is 0 Å². The van der Waals surface area contributed by atoms with E-state index in [0.717, 1.165) is 11.5 Å². The van der Waals surface area contributed by atoms with Crippen LogP contribution in [0.25, 0.3) is 0 Å². The summed E-state index contributed by atoms with van der Waals surface area (Å²) in [5.41, 5.74) is 3.58. The Morgan fingerprint density at radius 3 is 2.81 bits per heavy atom. The van der Waals surface area contributed by atoms with Crippen LogP contribution in [0.1, 0.15) is 25.7 Å². The van der Waals surface area contributed by atoms with E-state index in [1.54, 1.807) is 6.20 Å². The van der Waals surface area contributed by atoms with Gasteiger partial charge in [-0.05, 0) is 19.1 Å². The third-order valence-electron chi connectivity index (χ3n) is 2.99. The zero-order valence-corrected chi connectivity index (χ0v) is 9.51. The number of hydrogen-bond donors (Lipinski definition) is 3. The summed E-state index contributed by atoms with van der Waals surface area (Å²) in [7, 11) is 0. The Bertz CT molecular complexity index is 375. The van der Waals surface area contributed by atoms with Crippen molar-refractivity contribution in [1.82, 2.24) is 15.7 Å². The van der Waals surface area contributed by atoms with Crippen molar-refractivity contribution >= 4 is 5.84 Å². The van der Waals surface area contributed by atoms with Gasteiger partial charge in [0.1, 0.15) is 12.0 Å². The zero-order valence-electron chi connectivity index (χ0n) is 9.51. The van der Waals surface area contributed by atoms with Crippen molar-refractivity contribution in [2.75, 3.05) is 0 Å². The van der Waals surface area contributed by atoms with Crippen molar-refractivity contribution in [3.05, 3.63) is 30.1 Å². The van der Waals surface area contributed by atoms with E-state index in [-0.39, 0.29) is 12.1 Å². The number of nitrogens with one attached hydrogen (secondary N) is 2. The molecule has 0 amide bonds. The first-order chi connectivity index (χ1) is 7.72. The van der Waals surface area contributed by atoms with Crippen molar-refractivity contribution < 1.29 is 0 Å². The molecule has 1 aliphatic heterocycles. The van der Waals surface area contributed by atoms with Crippen molar-refractivity contribution in [1.29, 1.82) is 0 Å². The van der Waals surface area contributed by atoms with Gasteiger partial charge in [0.05, 0.1) is 5.69 Å². The molecule has 86 valence electrons. The molecule has 16 heavy (non-hydrogen) atoms. The number of hydrogen-bond acceptors (Lipinski definition) is 5. The number of pyridine rings is 1. The standard InChI is InChI=1S/C11H17N5/c1-7-8(2)14-11(15-10(7)16-12)9-5-3-4-6-13-9/h3-8,11,14H,12H2,1-2H3,(H,15,16). The van der Waals surface area contributed by atoms with Crippen molar-refractivity contribution in [3.63, 3.8) is 0 Å². The van der Waals surface area contributed by atoms with Gasteiger partial charge in [0.2, 0.25) is 0 Å². The van der Waals surface area contributed by atoms with Gasteiger partial charge >= 0.3 is 0 Å². The number of aromatic nitrogens is 1. The predicted molar refractivity (Wildman–Crippen MR) is 63.5 cm³/mol. The lowest BCUT2D eigenvalue weighted by Gasteiger charge is -2.31. The van der Waals surface area contributed by atoms with Crippen LogP contribution in [0.2, 0.25) is 0 Å². The number of hydrazine groups is 1. The molecule has 0 aromatic carbocycles. The van der Waals surface area contributed by atoms with E-state index in [1.807, 2.05) is 18.2 Å². The highest BCUT2D eigenvalue weighted by molar-refractivity contribution is 5.85. The molecule has 3 atom stereocenters. The normalized spacial score (nSPS) is 29.7. The van der Waals surface area contributed by atoms with Crippen LogP contribution in [0.5, 0.6) is 0 Å². The third-order valence-corrected chi connectivity index (χ3v) is 2.99. The first-order valence-electron chi connectivity index (χ1n) is 5.43. The zero-order chi connectivity index (χ0) is 11.5. The van der Waals surface area contributed by atoms with E-state index in [9.17, 15) is 0 Å². The SMILES string of the molecule is CC1NC(c2ccccn2)N=C(NN)C1C. The molecule has 5 heteroatoms. The van der Waals surface area contributed by atoms with E-state index in [4.69, 9.17) is 5.84 Å². The molecule has 2 rings (SSSR count). The average molecular weight is 219 g/mol. The van der Waals surface area contributed by atoms with E-state index in [1.165, 1.54) is 0 Å². The molecular weight excluding hydrogens is 202 g/mol. The van der Waals surface area contributed by atoms with Crippen molar-refractivity contribution in [3.8, 4) is 0 Å². The van der Waals surface area contributed by atoms with Crippen LogP contribution in [0.3, 0.4) is 0 Å². The maximum atomic E-state index is 5.47. The number of nitrogens with zero attached hydrogens (tertiary/aromatic N) is 2. The lowest BCUT2D eigenvalue weighted by Crippen LogP contribution is -2.49. The Morgan fingerprint density at radius 1 is 1.38 bits per heavy atom. The van der Waals surface area contributed by atoms with Gasteiger partial charge in [0.25, 0.3) is 0 Å². The molecule has 0 spiro atoms. The third kappa shape index (κ3) is 2.05. The second-order valence-electron chi connectivity index (χ2n) is 4.06. The molecule has 1 aliphatic rings. The minimum atomic E-state index is -0.113. The minimum absolute atomic E-state index is 0.113. The van der Waals surface area contributed by atoms with Crippen LogP contribution in [0, 0.1) is 5.92 Å². The van der Waals surface area contributed by atoms with Crippen LogP contribution < -0.4 is 16.6 Å². The Labute approximate surface area is 95.1 Å². The number of nitrogens with two attached hydrogens (primary N) is 1. The Kier molecular flexibility index (Phi) is 3.17.